The van der Waals surface area contributed by atoms with E-state index in [9.17, 15) is 17.6 Å². The molecule has 1 aliphatic heterocycles. The predicted octanol–water partition coefficient (Wildman–Crippen LogP) is 3.01. The summed E-state index contributed by atoms with van der Waals surface area (Å²) < 4.78 is 43.2. The number of hydrogen-bond donors (Lipinski definition) is 1. The lowest BCUT2D eigenvalue weighted by atomic mass is 9.97. The Morgan fingerprint density at radius 2 is 1.86 bits per heavy atom. The van der Waals surface area contributed by atoms with Gasteiger partial charge in [0, 0.05) is 30.8 Å². The van der Waals surface area contributed by atoms with Crippen LogP contribution in [0.3, 0.4) is 0 Å². The maximum atomic E-state index is 12.9. The number of hydrogen-bond acceptors (Lipinski definition) is 4. The summed E-state index contributed by atoms with van der Waals surface area (Å²) >= 11 is 0. The number of ether oxygens (including phenoxy) is 1. The van der Waals surface area contributed by atoms with Gasteiger partial charge in [0.05, 0.1) is 6.26 Å². The Balaban J connectivity index is 1.54. The molecular formula is C20H23FN2O4S. The Hall–Kier alpha value is -2.45. The molecule has 2 aromatic rings. The Labute approximate surface area is 164 Å². The zero-order valence-corrected chi connectivity index (χ0v) is 16.4. The minimum absolute atomic E-state index is 0.121. The van der Waals surface area contributed by atoms with E-state index in [0.29, 0.717) is 44.0 Å². The number of amides is 1. The Kier molecular flexibility index (Phi) is 6.31. The minimum atomic E-state index is -3.21. The Morgan fingerprint density at radius 1 is 1.18 bits per heavy atom. The monoisotopic (exact) mass is 406 g/mol. The zero-order chi connectivity index (χ0) is 20.1. The fourth-order valence-electron chi connectivity index (χ4n) is 3.10. The molecule has 3 rings (SSSR count). The van der Waals surface area contributed by atoms with Gasteiger partial charge in [-0.25, -0.2) is 17.1 Å². The number of sulfonamides is 1. The predicted molar refractivity (Wildman–Crippen MR) is 105 cm³/mol. The standard InChI is InChI=1S/C20H23FN2O4S/c1-28(25,26)23-11-9-16(10-12-23)20(24)22-18-3-2-4-19(13-18)27-14-15-5-7-17(21)8-6-15/h2-8,13,16H,9-12,14H2,1H3,(H,22,24). The second-order valence-corrected chi connectivity index (χ2v) is 8.85. The first-order chi connectivity index (χ1) is 13.3. The summed E-state index contributed by atoms with van der Waals surface area (Å²) in [6.45, 7) is 1.01. The van der Waals surface area contributed by atoms with E-state index in [-0.39, 0.29) is 17.6 Å². The van der Waals surface area contributed by atoms with Gasteiger partial charge in [-0.15, -0.1) is 0 Å². The lowest BCUT2D eigenvalue weighted by Crippen LogP contribution is -2.40. The fourth-order valence-corrected chi connectivity index (χ4v) is 3.98. The molecule has 0 spiro atoms. The highest BCUT2D eigenvalue weighted by atomic mass is 32.2. The minimum Gasteiger partial charge on any atom is -0.489 e. The lowest BCUT2D eigenvalue weighted by molar-refractivity contribution is -0.120. The van der Waals surface area contributed by atoms with Crippen LogP contribution >= 0.6 is 0 Å². The molecule has 0 aliphatic carbocycles. The molecular weight excluding hydrogens is 383 g/mol. The van der Waals surface area contributed by atoms with Gasteiger partial charge >= 0.3 is 0 Å². The van der Waals surface area contributed by atoms with Crippen LogP contribution in [0.5, 0.6) is 5.75 Å². The van der Waals surface area contributed by atoms with Gasteiger partial charge in [0.25, 0.3) is 0 Å². The van der Waals surface area contributed by atoms with E-state index in [1.807, 2.05) is 0 Å². The van der Waals surface area contributed by atoms with E-state index in [2.05, 4.69) is 5.32 Å². The molecule has 1 aliphatic rings. The molecule has 2 aromatic carbocycles. The van der Waals surface area contributed by atoms with Crippen molar-refractivity contribution in [2.75, 3.05) is 24.7 Å². The van der Waals surface area contributed by atoms with Crippen molar-refractivity contribution in [3.05, 3.63) is 59.9 Å². The van der Waals surface area contributed by atoms with Crippen molar-refractivity contribution in [1.82, 2.24) is 4.31 Å². The van der Waals surface area contributed by atoms with Crippen molar-refractivity contribution in [2.24, 2.45) is 5.92 Å². The summed E-state index contributed by atoms with van der Waals surface area (Å²) in [4.78, 5) is 12.5. The third-order valence-corrected chi connectivity index (χ3v) is 6.02. The highest BCUT2D eigenvalue weighted by Crippen LogP contribution is 2.23. The summed E-state index contributed by atoms with van der Waals surface area (Å²) in [7, 11) is -3.21. The number of anilines is 1. The summed E-state index contributed by atoms with van der Waals surface area (Å²) in [6.07, 6.45) is 2.18. The highest BCUT2D eigenvalue weighted by Gasteiger charge is 2.28. The van der Waals surface area contributed by atoms with Gasteiger partial charge < -0.3 is 10.1 Å². The Bertz CT molecular complexity index is 923. The van der Waals surface area contributed by atoms with Crippen molar-refractivity contribution >= 4 is 21.6 Å². The molecule has 0 aromatic heterocycles. The van der Waals surface area contributed by atoms with Gasteiger partial charge in [0.1, 0.15) is 18.2 Å². The highest BCUT2D eigenvalue weighted by molar-refractivity contribution is 7.88. The smallest absolute Gasteiger partial charge is 0.227 e. The number of halogens is 1. The molecule has 150 valence electrons. The molecule has 28 heavy (non-hydrogen) atoms. The van der Waals surface area contributed by atoms with Gasteiger partial charge in [-0.1, -0.05) is 18.2 Å². The fraction of sp³-hybridized carbons (Fsp3) is 0.350. The number of nitrogens with zero attached hydrogens (tertiary/aromatic N) is 1. The average Bonchev–Trinajstić information content (AvgIpc) is 2.67. The van der Waals surface area contributed by atoms with Crippen LogP contribution in [0.4, 0.5) is 10.1 Å². The first kappa shape index (κ1) is 20.3. The third-order valence-electron chi connectivity index (χ3n) is 4.71. The molecule has 0 bridgehead atoms. The molecule has 6 nitrogen and oxygen atoms in total. The van der Waals surface area contributed by atoms with Crippen LogP contribution in [0.25, 0.3) is 0 Å². The zero-order valence-electron chi connectivity index (χ0n) is 15.6. The number of carbonyl (C=O) groups is 1. The van der Waals surface area contributed by atoms with Crippen molar-refractivity contribution in [3.63, 3.8) is 0 Å². The van der Waals surface area contributed by atoms with Crippen molar-refractivity contribution in [3.8, 4) is 5.75 Å². The third kappa shape index (κ3) is 5.53. The molecule has 8 heteroatoms. The maximum absolute atomic E-state index is 12.9. The summed E-state index contributed by atoms with van der Waals surface area (Å²) in [5, 5.41) is 2.87. The molecule has 0 atom stereocenters. The van der Waals surface area contributed by atoms with Crippen LogP contribution in [0.1, 0.15) is 18.4 Å². The summed E-state index contributed by atoms with van der Waals surface area (Å²) in [5.41, 5.74) is 1.46. The van der Waals surface area contributed by atoms with Crippen molar-refractivity contribution in [2.45, 2.75) is 19.4 Å². The van der Waals surface area contributed by atoms with E-state index in [0.717, 1.165) is 5.56 Å². The summed E-state index contributed by atoms with van der Waals surface area (Å²) in [5.74, 6) is -0.0459. The molecule has 1 N–H and O–H groups in total. The van der Waals surface area contributed by atoms with Gasteiger partial charge in [-0.3, -0.25) is 4.79 Å². The first-order valence-corrected chi connectivity index (χ1v) is 10.9. The first-order valence-electron chi connectivity index (χ1n) is 9.04. The van der Waals surface area contributed by atoms with Crippen LogP contribution in [-0.4, -0.2) is 38.0 Å². The molecule has 0 radical (unpaired) electrons. The average molecular weight is 406 g/mol. The van der Waals surface area contributed by atoms with Crippen LogP contribution < -0.4 is 10.1 Å². The molecule has 1 fully saturated rings. The normalized spacial score (nSPS) is 15.9. The van der Waals surface area contributed by atoms with Crippen LogP contribution in [-0.2, 0) is 21.4 Å². The van der Waals surface area contributed by atoms with Gasteiger partial charge in [-0.2, -0.15) is 0 Å². The number of nitrogens with one attached hydrogen (secondary N) is 1. The topological polar surface area (TPSA) is 75.7 Å². The number of rotatable bonds is 6. The SMILES string of the molecule is CS(=O)(=O)N1CCC(C(=O)Nc2cccc(OCc3ccc(F)cc3)c2)CC1. The van der Waals surface area contributed by atoms with E-state index in [4.69, 9.17) is 4.74 Å². The number of piperidine rings is 1. The lowest BCUT2D eigenvalue weighted by Gasteiger charge is -2.29. The van der Waals surface area contributed by atoms with Gasteiger partial charge in [-0.05, 0) is 42.7 Å². The summed E-state index contributed by atoms with van der Waals surface area (Å²) in [6, 6.07) is 13.1. The van der Waals surface area contributed by atoms with E-state index in [1.54, 1.807) is 36.4 Å². The van der Waals surface area contributed by atoms with Crippen molar-refractivity contribution < 1.29 is 22.3 Å². The second kappa shape index (κ2) is 8.70. The largest absolute Gasteiger partial charge is 0.489 e. The van der Waals surface area contributed by atoms with E-state index < -0.39 is 10.0 Å². The van der Waals surface area contributed by atoms with Crippen LogP contribution in [0, 0.1) is 11.7 Å². The van der Waals surface area contributed by atoms with Crippen molar-refractivity contribution in [1.29, 1.82) is 0 Å². The molecule has 0 saturated carbocycles. The number of benzene rings is 2. The quantitative estimate of drug-likeness (QED) is 0.800. The Morgan fingerprint density at radius 3 is 2.50 bits per heavy atom. The van der Waals surface area contributed by atoms with Gasteiger partial charge in [0.2, 0.25) is 15.9 Å². The van der Waals surface area contributed by atoms with Gasteiger partial charge in [0.15, 0.2) is 0 Å². The molecule has 1 amide bonds. The second-order valence-electron chi connectivity index (χ2n) is 6.87. The number of carbonyl (C=O) groups excluding carboxylic acids is 1. The van der Waals surface area contributed by atoms with E-state index >= 15 is 0 Å². The molecule has 1 heterocycles. The molecule has 0 unspecified atom stereocenters. The van der Waals surface area contributed by atoms with Crippen LogP contribution in [0.15, 0.2) is 48.5 Å². The van der Waals surface area contributed by atoms with E-state index in [1.165, 1.54) is 22.7 Å². The maximum Gasteiger partial charge on any atom is 0.227 e. The van der Waals surface area contributed by atoms with Crippen LogP contribution in [0.2, 0.25) is 0 Å². The molecule has 1 saturated heterocycles.